The Bertz CT molecular complexity index is 409. The Morgan fingerprint density at radius 3 is 2.91 bits per heavy atom. The monoisotopic (exact) mass is 425 g/mol. The minimum absolute atomic E-state index is 0. The summed E-state index contributed by atoms with van der Waals surface area (Å²) in [5.41, 5.74) is 0. The summed E-state index contributed by atoms with van der Waals surface area (Å²) >= 11 is 0. The molecule has 2 heterocycles. The highest BCUT2D eigenvalue weighted by Gasteiger charge is 2.15. The Labute approximate surface area is 148 Å². The normalized spacial score (nSPS) is 18.0. The van der Waals surface area contributed by atoms with Crippen LogP contribution in [0.1, 0.15) is 18.6 Å². The van der Waals surface area contributed by atoms with Crippen LogP contribution in [0.5, 0.6) is 0 Å². The van der Waals surface area contributed by atoms with Gasteiger partial charge >= 0.3 is 0 Å². The van der Waals surface area contributed by atoms with Crippen LogP contribution in [0.4, 0.5) is 4.39 Å². The third-order valence-electron chi connectivity index (χ3n) is 3.38. The molecule has 5 nitrogen and oxygen atoms in total. The summed E-state index contributed by atoms with van der Waals surface area (Å²) < 4.78 is 22.8. The average Bonchev–Trinajstić information content (AvgIpc) is 3.18. The molecule has 1 aliphatic heterocycles. The molecule has 1 aromatic heterocycles. The number of halogens is 2. The Kier molecular flexibility index (Phi) is 10.2. The maximum absolute atomic E-state index is 12.2. The van der Waals surface area contributed by atoms with E-state index in [1.54, 1.807) is 6.26 Å². The zero-order valence-corrected chi connectivity index (χ0v) is 15.1. The van der Waals surface area contributed by atoms with Crippen LogP contribution in [0.3, 0.4) is 0 Å². The molecule has 1 unspecified atom stereocenters. The van der Waals surface area contributed by atoms with Gasteiger partial charge in [-0.2, -0.15) is 0 Å². The molecule has 1 aliphatic rings. The third kappa shape index (κ3) is 7.44. The first-order chi connectivity index (χ1) is 10.4. The molecule has 0 aliphatic carbocycles. The highest BCUT2D eigenvalue weighted by Crippen LogP contribution is 2.11. The van der Waals surface area contributed by atoms with Gasteiger partial charge in [-0.05, 0) is 25.0 Å². The second-order valence-electron chi connectivity index (χ2n) is 5.14. The highest BCUT2D eigenvalue weighted by atomic mass is 127. The molecule has 0 bridgehead atoms. The SMILES string of the molecule is FCCCNC(=NCC1CCOC1)NCCc1ccco1.I. The fourth-order valence-electron chi connectivity index (χ4n) is 2.15. The van der Waals surface area contributed by atoms with Crippen molar-refractivity contribution in [2.24, 2.45) is 10.9 Å². The molecule has 0 spiro atoms. The number of aliphatic imine (C=N–C) groups is 1. The van der Waals surface area contributed by atoms with E-state index < -0.39 is 0 Å². The number of nitrogens with zero attached hydrogens (tertiary/aromatic N) is 1. The Hall–Kier alpha value is -0.830. The van der Waals surface area contributed by atoms with Gasteiger partial charge in [0.1, 0.15) is 5.76 Å². The van der Waals surface area contributed by atoms with Crippen molar-refractivity contribution < 1.29 is 13.5 Å². The molecule has 1 aromatic rings. The van der Waals surface area contributed by atoms with Crippen LogP contribution in [0.25, 0.3) is 0 Å². The summed E-state index contributed by atoms with van der Waals surface area (Å²) in [4.78, 5) is 4.56. The van der Waals surface area contributed by atoms with Gasteiger partial charge in [0.25, 0.3) is 0 Å². The molecule has 126 valence electrons. The average molecular weight is 425 g/mol. The number of rotatable bonds is 8. The fraction of sp³-hybridized carbons (Fsp3) is 0.667. The van der Waals surface area contributed by atoms with Gasteiger partial charge in [-0.25, -0.2) is 0 Å². The van der Waals surface area contributed by atoms with Crippen molar-refractivity contribution in [1.82, 2.24) is 10.6 Å². The smallest absolute Gasteiger partial charge is 0.191 e. The Morgan fingerprint density at radius 1 is 1.36 bits per heavy atom. The minimum Gasteiger partial charge on any atom is -0.469 e. The molecule has 0 radical (unpaired) electrons. The van der Waals surface area contributed by atoms with Crippen molar-refractivity contribution >= 4 is 29.9 Å². The molecule has 1 fully saturated rings. The van der Waals surface area contributed by atoms with Gasteiger partial charge in [0.15, 0.2) is 5.96 Å². The largest absolute Gasteiger partial charge is 0.469 e. The van der Waals surface area contributed by atoms with Crippen molar-refractivity contribution in [3.63, 3.8) is 0 Å². The van der Waals surface area contributed by atoms with Crippen LogP contribution < -0.4 is 10.6 Å². The first-order valence-electron chi connectivity index (χ1n) is 7.57. The van der Waals surface area contributed by atoms with Gasteiger partial charge < -0.3 is 19.8 Å². The maximum Gasteiger partial charge on any atom is 0.191 e. The molecular weight excluding hydrogens is 400 g/mol. The summed E-state index contributed by atoms with van der Waals surface area (Å²) in [5, 5.41) is 6.41. The van der Waals surface area contributed by atoms with E-state index in [9.17, 15) is 4.39 Å². The first kappa shape index (κ1) is 19.2. The molecule has 0 aromatic carbocycles. The number of hydrogen-bond acceptors (Lipinski definition) is 3. The van der Waals surface area contributed by atoms with Crippen molar-refractivity contribution in [3.8, 4) is 0 Å². The van der Waals surface area contributed by atoms with Crippen LogP contribution in [0.15, 0.2) is 27.8 Å². The van der Waals surface area contributed by atoms with Gasteiger partial charge in [0, 0.05) is 38.6 Å². The van der Waals surface area contributed by atoms with Gasteiger partial charge in [-0.3, -0.25) is 9.38 Å². The standard InChI is InChI=1S/C15H24FN3O2.HI/c16-6-2-7-17-15(19-11-13-5-10-20-12-13)18-8-4-14-3-1-9-21-14;/h1,3,9,13H,2,4-8,10-12H2,(H2,17,18,19);1H. The topological polar surface area (TPSA) is 58.8 Å². The molecule has 22 heavy (non-hydrogen) atoms. The van der Waals surface area contributed by atoms with E-state index in [1.807, 2.05) is 12.1 Å². The van der Waals surface area contributed by atoms with E-state index in [4.69, 9.17) is 9.15 Å². The van der Waals surface area contributed by atoms with Gasteiger partial charge in [-0.1, -0.05) is 0 Å². The van der Waals surface area contributed by atoms with E-state index in [1.165, 1.54) is 0 Å². The quantitative estimate of drug-likeness (QED) is 0.291. The maximum atomic E-state index is 12.2. The highest BCUT2D eigenvalue weighted by molar-refractivity contribution is 14.0. The molecule has 0 saturated carbocycles. The van der Waals surface area contributed by atoms with Crippen LogP contribution >= 0.6 is 24.0 Å². The summed E-state index contributed by atoms with van der Waals surface area (Å²) in [6, 6.07) is 3.83. The second kappa shape index (κ2) is 11.7. The summed E-state index contributed by atoms with van der Waals surface area (Å²) in [5.74, 6) is 2.17. The molecule has 1 saturated heterocycles. The van der Waals surface area contributed by atoms with Crippen molar-refractivity contribution in [1.29, 1.82) is 0 Å². The van der Waals surface area contributed by atoms with Crippen molar-refractivity contribution in [2.75, 3.05) is 39.5 Å². The van der Waals surface area contributed by atoms with E-state index in [2.05, 4.69) is 15.6 Å². The summed E-state index contributed by atoms with van der Waals surface area (Å²) in [6.45, 7) is 3.36. The van der Waals surface area contributed by atoms with E-state index in [0.29, 0.717) is 18.9 Å². The second-order valence-corrected chi connectivity index (χ2v) is 5.14. The number of furan rings is 1. The summed E-state index contributed by atoms with van der Waals surface area (Å²) in [6.07, 6.45) is 4.02. The number of alkyl halides is 1. The van der Waals surface area contributed by atoms with E-state index >= 15 is 0 Å². The molecular formula is C15H25FIN3O2. The number of hydrogen-bond donors (Lipinski definition) is 2. The Balaban J connectivity index is 0.00000242. The minimum atomic E-state index is -0.316. The zero-order chi connectivity index (χ0) is 14.8. The first-order valence-corrected chi connectivity index (χ1v) is 7.57. The Morgan fingerprint density at radius 2 is 2.23 bits per heavy atom. The van der Waals surface area contributed by atoms with Gasteiger partial charge in [0.05, 0.1) is 19.5 Å². The van der Waals surface area contributed by atoms with E-state index in [0.717, 1.165) is 50.9 Å². The van der Waals surface area contributed by atoms with Crippen LogP contribution in [-0.4, -0.2) is 45.5 Å². The number of guanidine groups is 1. The lowest BCUT2D eigenvalue weighted by Gasteiger charge is -2.12. The van der Waals surface area contributed by atoms with Crippen LogP contribution in [0, 0.1) is 5.92 Å². The van der Waals surface area contributed by atoms with Crippen molar-refractivity contribution in [3.05, 3.63) is 24.2 Å². The van der Waals surface area contributed by atoms with Gasteiger partial charge in [0.2, 0.25) is 0 Å². The lowest BCUT2D eigenvalue weighted by molar-refractivity contribution is 0.187. The number of ether oxygens (including phenoxy) is 1. The van der Waals surface area contributed by atoms with Crippen molar-refractivity contribution in [2.45, 2.75) is 19.3 Å². The lowest BCUT2D eigenvalue weighted by atomic mass is 10.1. The van der Waals surface area contributed by atoms with E-state index in [-0.39, 0.29) is 30.7 Å². The van der Waals surface area contributed by atoms with Crippen LogP contribution in [-0.2, 0) is 11.2 Å². The summed E-state index contributed by atoms with van der Waals surface area (Å²) in [7, 11) is 0. The van der Waals surface area contributed by atoms with Gasteiger partial charge in [-0.15, -0.1) is 24.0 Å². The predicted molar refractivity (Wildman–Crippen MR) is 95.7 cm³/mol. The number of nitrogens with one attached hydrogen (secondary N) is 2. The molecule has 2 N–H and O–H groups in total. The predicted octanol–water partition coefficient (Wildman–Crippen LogP) is 2.37. The third-order valence-corrected chi connectivity index (χ3v) is 3.38. The molecule has 1 atom stereocenters. The zero-order valence-electron chi connectivity index (χ0n) is 12.7. The molecule has 2 rings (SSSR count). The molecule has 0 amide bonds. The molecule has 7 heteroatoms. The fourth-order valence-corrected chi connectivity index (χ4v) is 2.15. The lowest BCUT2D eigenvalue weighted by Crippen LogP contribution is -2.39. The van der Waals surface area contributed by atoms with Crippen LogP contribution in [0.2, 0.25) is 0 Å².